The van der Waals surface area contributed by atoms with E-state index in [0.29, 0.717) is 51.0 Å². The highest BCUT2D eigenvalue weighted by atomic mass is 16.5. The van der Waals surface area contributed by atoms with Gasteiger partial charge in [-0.2, -0.15) is 0 Å². The maximum Gasteiger partial charge on any atom is 0.335 e. The third-order valence-corrected chi connectivity index (χ3v) is 6.36. The predicted molar refractivity (Wildman–Crippen MR) is 131 cm³/mol. The molecule has 5 rings (SSSR count). The molecule has 2 aliphatic heterocycles. The lowest BCUT2D eigenvalue weighted by molar-refractivity contribution is -0.135. The van der Waals surface area contributed by atoms with Gasteiger partial charge in [0.15, 0.2) is 17.3 Å². The molecule has 0 aliphatic carbocycles. The molecular formula is C28H22O9. The molecule has 0 radical (unpaired) electrons. The lowest BCUT2D eigenvalue weighted by atomic mass is 9.84. The van der Waals surface area contributed by atoms with Crippen LogP contribution in [0.3, 0.4) is 0 Å². The highest BCUT2D eigenvalue weighted by Crippen LogP contribution is 2.49. The molecule has 1 atom stereocenters. The Bertz CT molecular complexity index is 1470. The molecule has 3 aromatic carbocycles. The van der Waals surface area contributed by atoms with Gasteiger partial charge in [0, 0.05) is 17.0 Å². The Labute approximate surface area is 211 Å². The van der Waals surface area contributed by atoms with Crippen molar-refractivity contribution in [2.24, 2.45) is 0 Å². The van der Waals surface area contributed by atoms with Gasteiger partial charge in [-0.25, -0.2) is 4.79 Å². The van der Waals surface area contributed by atoms with Crippen molar-refractivity contribution in [3.63, 3.8) is 0 Å². The number of hydrogen-bond acceptors (Lipinski definition) is 8. The number of esters is 1. The summed E-state index contributed by atoms with van der Waals surface area (Å²) in [5.41, 5.74) is 2.25. The van der Waals surface area contributed by atoms with Gasteiger partial charge < -0.3 is 28.8 Å². The molecule has 0 fully saturated rings. The number of aromatic carboxylic acids is 1. The molecule has 0 aromatic heterocycles. The number of rotatable bonds is 6. The first-order valence-electron chi connectivity index (χ1n) is 11.3. The van der Waals surface area contributed by atoms with E-state index in [-0.39, 0.29) is 23.5 Å². The van der Waals surface area contributed by atoms with Gasteiger partial charge >= 0.3 is 11.9 Å². The first-order chi connectivity index (χ1) is 17.9. The van der Waals surface area contributed by atoms with Crippen LogP contribution in [-0.2, 0) is 4.79 Å². The van der Waals surface area contributed by atoms with E-state index in [4.69, 9.17) is 23.7 Å². The zero-order valence-corrected chi connectivity index (χ0v) is 20.2. The maximum atomic E-state index is 13.3. The Morgan fingerprint density at radius 1 is 0.919 bits per heavy atom. The van der Waals surface area contributed by atoms with Crippen LogP contribution in [0.25, 0.3) is 6.08 Å². The van der Waals surface area contributed by atoms with Gasteiger partial charge in [-0.3, -0.25) is 9.59 Å². The number of fused-ring (bicyclic) bond motifs is 3. The second-order valence-corrected chi connectivity index (χ2v) is 8.38. The molecule has 0 bridgehead atoms. The van der Waals surface area contributed by atoms with E-state index in [1.165, 1.54) is 33.5 Å². The Morgan fingerprint density at radius 3 is 2.30 bits per heavy atom. The number of Topliss-reactive ketones (excluding diaryl/α,β-unsaturated/α-hetero) is 1. The Morgan fingerprint density at radius 2 is 1.65 bits per heavy atom. The van der Waals surface area contributed by atoms with E-state index in [0.717, 1.165) is 0 Å². The molecule has 0 spiro atoms. The average molecular weight is 502 g/mol. The van der Waals surface area contributed by atoms with Gasteiger partial charge in [-0.15, -0.1) is 0 Å². The number of methoxy groups -OCH3 is 3. The monoisotopic (exact) mass is 502 g/mol. The fourth-order valence-corrected chi connectivity index (χ4v) is 4.63. The van der Waals surface area contributed by atoms with Gasteiger partial charge in [0.05, 0.1) is 38.9 Å². The third-order valence-electron chi connectivity index (χ3n) is 6.36. The van der Waals surface area contributed by atoms with E-state index < -0.39 is 17.9 Å². The molecule has 1 unspecified atom stereocenters. The topological polar surface area (TPSA) is 118 Å². The van der Waals surface area contributed by atoms with Crippen molar-refractivity contribution in [2.45, 2.75) is 12.3 Å². The third kappa shape index (κ3) is 4.04. The average Bonchev–Trinajstić information content (AvgIpc) is 3.22. The number of carboxylic acids is 1. The van der Waals surface area contributed by atoms with Crippen LogP contribution < -0.4 is 23.7 Å². The number of carboxylic acid groups (broad SMARTS) is 1. The van der Waals surface area contributed by atoms with E-state index in [1.54, 1.807) is 42.5 Å². The number of carbonyl (C=O) groups is 3. The van der Waals surface area contributed by atoms with E-state index in [9.17, 15) is 19.5 Å². The number of hydrogen-bond donors (Lipinski definition) is 1. The van der Waals surface area contributed by atoms with Crippen LogP contribution in [0.5, 0.6) is 28.7 Å². The molecular weight excluding hydrogens is 480 g/mol. The molecule has 3 aromatic rings. The molecule has 188 valence electrons. The molecule has 1 N–H and O–H groups in total. The zero-order chi connectivity index (χ0) is 26.3. The Balaban J connectivity index is 1.59. The minimum absolute atomic E-state index is 0.00989. The Kier molecular flexibility index (Phi) is 6.04. The van der Waals surface area contributed by atoms with E-state index >= 15 is 0 Å². The fraction of sp³-hybridized carbons (Fsp3) is 0.179. The van der Waals surface area contributed by atoms with Crippen LogP contribution >= 0.6 is 0 Å². The molecule has 2 heterocycles. The summed E-state index contributed by atoms with van der Waals surface area (Å²) in [5, 5.41) is 9.23. The lowest BCUT2D eigenvalue weighted by Crippen LogP contribution is -2.21. The summed E-state index contributed by atoms with van der Waals surface area (Å²) in [6.07, 6.45) is 1.57. The summed E-state index contributed by atoms with van der Waals surface area (Å²) < 4.78 is 27.8. The van der Waals surface area contributed by atoms with E-state index in [1.807, 2.05) is 0 Å². The predicted octanol–water partition coefficient (Wildman–Crippen LogP) is 4.47. The minimum atomic E-state index is -1.05. The quantitative estimate of drug-likeness (QED) is 0.296. The molecule has 37 heavy (non-hydrogen) atoms. The molecule has 0 saturated heterocycles. The molecule has 2 aliphatic rings. The van der Waals surface area contributed by atoms with Crippen molar-refractivity contribution < 1.29 is 43.2 Å². The molecule has 0 amide bonds. The lowest BCUT2D eigenvalue weighted by Gasteiger charge is -2.26. The summed E-state index contributed by atoms with van der Waals surface area (Å²) in [7, 11) is 4.48. The first-order valence-corrected chi connectivity index (χ1v) is 11.3. The molecule has 9 heteroatoms. The maximum absolute atomic E-state index is 13.3. The van der Waals surface area contributed by atoms with Gasteiger partial charge in [-0.1, -0.05) is 12.1 Å². The number of ketones is 1. The summed E-state index contributed by atoms with van der Waals surface area (Å²) >= 11 is 0. The molecule has 0 saturated carbocycles. The smallest absolute Gasteiger partial charge is 0.335 e. The molecule has 9 nitrogen and oxygen atoms in total. The zero-order valence-electron chi connectivity index (χ0n) is 20.2. The van der Waals surface area contributed by atoms with Gasteiger partial charge in [0.1, 0.15) is 11.5 Å². The minimum Gasteiger partial charge on any atom is -0.493 e. The van der Waals surface area contributed by atoms with Crippen molar-refractivity contribution in [2.75, 3.05) is 21.3 Å². The van der Waals surface area contributed by atoms with Crippen LogP contribution in [0.2, 0.25) is 0 Å². The van der Waals surface area contributed by atoms with Crippen molar-refractivity contribution in [1.29, 1.82) is 0 Å². The number of carbonyl (C=O) groups excluding carboxylic acids is 2. The van der Waals surface area contributed by atoms with Crippen LogP contribution in [0.15, 0.2) is 54.3 Å². The number of benzene rings is 3. The highest BCUT2D eigenvalue weighted by Gasteiger charge is 2.38. The van der Waals surface area contributed by atoms with E-state index in [2.05, 4.69) is 0 Å². The summed E-state index contributed by atoms with van der Waals surface area (Å²) in [6, 6.07) is 12.8. The summed E-state index contributed by atoms with van der Waals surface area (Å²) in [5.74, 6) is -0.455. The van der Waals surface area contributed by atoms with Gasteiger partial charge in [-0.05, 0) is 48.0 Å². The van der Waals surface area contributed by atoms with Crippen LogP contribution in [0, 0.1) is 0 Å². The van der Waals surface area contributed by atoms with Gasteiger partial charge in [0.2, 0.25) is 11.5 Å². The fourth-order valence-electron chi connectivity index (χ4n) is 4.63. The number of ether oxygens (including phenoxy) is 5. The summed E-state index contributed by atoms with van der Waals surface area (Å²) in [4.78, 5) is 37.0. The largest absolute Gasteiger partial charge is 0.493 e. The highest BCUT2D eigenvalue weighted by molar-refractivity contribution is 6.15. The van der Waals surface area contributed by atoms with Crippen LogP contribution in [0.1, 0.15) is 49.7 Å². The standard InChI is InChI=1S/C28H22O9/c1-33-20-10-8-16(25(34-2)27(20)35-3)12-21-24(30)17-9-11-19-23(26(17)37-21)18(13-22(29)36-19)14-4-6-15(7-5-14)28(31)32/h4-12,18H,13H2,1-3H3,(H,31,32)/b21-12-. The van der Waals surface area contributed by atoms with Crippen LogP contribution in [-0.4, -0.2) is 44.2 Å². The first kappa shape index (κ1) is 23.9. The van der Waals surface area contributed by atoms with Gasteiger partial charge in [0.25, 0.3) is 0 Å². The SMILES string of the molecule is COc1ccc(/C=C2\Oc3c(ccc4c3C(c3ccc(C(=O)O)cc3)CC(=O)O4)C2=O)c(OC)c1OC. The Hall–Kier alpha value is -4.79. The van der Waals surface area contributed by atoms with Crippen molar-refractivity contribution >= 4 is 23.8 Å². The second kappa shape index (κ2) is 9.34. The normalized spacial score (nSPS) is 16.9. The van der Waals surface area contributed by atoms with Crippen LogP contribution in [0.4, 0.5) is 0 Å². The number of allylic oxidation sites excluding steroid dienone is 1. The summed E-state index contributed by atoms with van der Waals surface area (Å²) in [6.45, 7) is 0. The second-order valence-electron chi connectivity index (χ2n) is 8.38. The van der Waals surface area contributed by atoms with Crippen molar-refractivity contribution in [1.82, 2.24) is 0 Å². The van der Waals surface area contributed by atoms with Crippen molar-refractivity contribution in [3.05, 3.63) is 82.1 Å². The van der Waals surface area contributed by atoms with Crippen molar-refractivity contribution in [3.8, 4) is 28.7 Å².